The topological polar surface area (TPSA) is 88.8 Å². The Bertz CT molecular complexity index is 911. The Balaban J connectivity index is 1.81. The summed E-state index contributed by atoms with van der Waals surface area (Å²) >= 11 is 0. The van der Waals surface area contributed by atoms with Crippen molar-refractivity contribution in [2.45, 2.75) is 18.5 Å². The summed E-state index contributed by atoms with van der Waals surface area (Å²) in [6.07, 6.45) is 1.46. The molecule has 2 amide bonds. The van der Waals surface area contributed by atoms with Crippen LogP contribution in [0, 0.1) is 17.7 Å². The number of carbonyl (C=O) groups is 3. The smallest absolute Gasteiger partial charge is 0.326 e. The van der Waals surface area contributed by atoms with E-state index in [4.69, 9.17) is 9.15 Å². The van der Waals surface area contributed by atoms with Crippen molar-refractivity contribution in [2.24, 2.45) is 11.8 Å². The zero-order chi connectivity index (χ0) is 19.3. The number of hydrogen-bond donors (Lipinski definition) is 1. The van der Waals surface area contributed by atoms with Gasteiger partial charge in [-0.2, -0.15) is 0 Å². The van der Waals surface area contributed by atoms with E-state index in [1.54, 1.807) is 19.1 Å². The molecule has 0 saturated carbocycles. The molecule has 27 heavy (non-hydrogen) atoms. The number of carbonyl (C=O) groups excluding carboxylic acids is 3. The van der Waals surface area contributed by atoms with Gasteiger partial charge in [-0.1, -0.05) is 0 Å². The summed E-state index contributed by atoms with van der Waals surface area (Å²) in [5.74, 6) is -3.51. The molecule has 2 saturated heterocycles. The molecule has 0 radical (unpaired) electrons. The number of esters is 1. The van der Waals surface area contributed by atoms with E-state index in [0.717, 1.165) is 4.90 Å². The molecular formula is C19H17FN2O5. The summed E-state index contributed by atoms with van der Waals surface area (Å²) in [6.45, 7) is 1.54. The second-order valence-electron chi connectivity index (χ2n) is 6.82. The van der Waals surface area contributed by atoms with Crippen molar-refractivity contribution in [3.8, 4) is 0 Å². The van der Waals surface area contributed by atoms with Gasteiger partial charge in [0.1, 0.15) is 17.1 Å². The SMILES string of the molecule is COC(=O)[C@]1(C)N[C@H](c2ccco2)[C@H]2C(=O)N(c3ccc(F)cc3)C(=O)[C@@H]21. The molecule has 2 aliphatic heterocycles. The van der Waals surface area contributed by atoms with Gasteiger partial charge in [-0.15, -0.1) is 0 Å². The van der Waals surface area contributed by atoms with Gasteiger partial charge in [-0.3, -0.25) is 19.7 Å². The van der Waals surface area contributed by atoms with E-state index in [1.807, 2.05) is 0 Å². The number of imide groups is 1. The van der Waals surface area contributed by atoms with Gasteiger partial charge in [0.25, 0.3) is 0 Å². The second-order valence-corrected chi connectivity index (χ2v) is 6.82. The lowest BCUT2D eigenvalue weighted by Crippen LogP contribution is -2.54. The minimum atomic E-state index is -1.40. The third-order valence-electron chi connectivity index (χ3n) is 5.33. The first-order chi connectivity index (χ1) is 12.9. The number of halogens is 1. The average Bonchev–Trinajstić information content (AvgIpc) is 3.34. The predicted octanol–water partition coefficient (Wildman–Crippen LogP) is 1.80. The molecule has 2 aromatic rings. The number of rotatable bonds is 3. The molecule has 8 heteroatoms. The molecule has 7 nitrogen and oxygen atoms in total. The number of methoxy groups -OCH3 is 1. The normalized spacial score (nSPS) is 29.9. The van der Waals surface area contributed by atoms with Crippen LogP contribution in [0.4, 0.5) is 10.1 Å². The van der Waals surface area contributed by atoms with Crippen molar-refractivity contribution in [1.82, 2.24) is 5.32 Å². The largest absolute Gasteiger partial charge is 0.468 e. The maximum atomic E-state index is 13.2. The minimum absolute atomic E-state index is 0.256. The van der Waals surface area contributed by atoms with Crippen molar-refractivity contribution in [1.29, 1.82) is 0 Å². The quantitative estimate of drug-likeness (QED) is 0.653. The zero-order valence-corrected chi connectivity index (χ0v) is 14.6. The number of hydrogen-bond acceptors (Lipinski definition) is 6. The number of amides is 2. The lowest BCUT2D eigenvalue weighted by atomic mass is 9.81. The fourth-order valence-electron chi connectivity index (χ4n) is 4.10. The van der Waals surface area contributed by atoms with Crippen molar-refractivity contribution in [3.63, 3.8) is 0 Å². The number of benzene rings is 1. The highest BCUT2D eigenvalue weighted by atomic mass is 19.1. The monoisotopic (exact) mass is 372 g/mol. The first-order valence-corrected chi connectivity index (χ1v) is 8.41. The Morgan fingerprint density at radius 2 is 1.93 bits per heavy atom. The van der Waals surface area contributed by atoms with Crippen LogP contribution in [0.5, 0.6) is 0 Å². The van der Waals surface area contributed by atoms with Crippen LogP contribution in [-0.2, 0) is 19.1 Å². The van der Waals surface area contributed by atoms with Crippen LogP contribution >= 0.6 is 0 Å². The summed E-state index contributed by atoms with van der Waals surface area (Å²) in [5, 5.41) is 3.07. The highest BCUT2D eigenvalue weighted by molar-refractivity contribution is 6.24. The van der Waals surface area contributed by atoms with Crippen LogP contribution < -0.4 is 10.2 Å². The average molecular weight is 372 g/mol. The van der Waals surface area contributed by atoms with Crippen LogP contribution in [0.2, 0.25) is 0 Å². The van der Waals surface area contributed by atoms with Crippen molar-refractivity contribution in [3.05, 3.63) is 54.2 Å². The van der Waals surface area contributed by atoms with Crippen molar-refractivity contribution < 1.29 is 27.9 Å². The first kappa shape index (κ1) is 17.4. The molecule has 4 rings (SSSR count). The number of ether oxygens (including phenoxy) is 1. The fraction of sp³-hybridized carbons (Fsp3) is 0.316. The molecule has 1 aromatic carbocycles. The maximum absolute atomic E-state index is 13.2. The van der Waals surface area contributed by atoms with Gasteiger partial charge in [0.15, 0.2) is 0 Å². The van der Waals surface area contributed by atoms with Gasteiger partial charge in [-0.05, 0) is 43.3 Å². The van der Waals surface area contributed by atoms with E-state index in [0.29, 0.717) is 5.76 Å². The highest BCUT2D eigenvalue weighted by Gasteiger charge is 2.67. The summed E-state index contributed by atoms with van der Waals surface area (Å²) in [6, 6.07) is 7.73. The molecule has 0 aliphatic carbocycles. The van der Waals surface area contributed by atoms with Crippen molar-refractivity contribution >= 4 is 23.5 Å². The van der Waals surface area contributed by atoms with E-state index in [1.165, 1.54) is 37.6 Å². The summed E-state index contributed by atoms with van der Waals surface area (Å²) < 4.78 is 23.6. The molecule has 140 valence electrons. The van der Waals surface area contributed by atoms with Gasteiger partial charge in [0.2, 0.25) is 11.8 Å². The predicted molar refractivity (Wildman–Crippen MR) is 90.9 cm³/mol. The standard InChI is InChI=1S/C19H17FN2O5/c1-19(18(25)26-2)14-13(15(21-19)12-4-3-9-27-12)16(23)22(17(14)24)11-7-5-10(20)6-8-11/h3-9,13-15,21H,1-2H3/t13-,14+,15+,19+/m0/s1. The molecular weight excluding hydrogens is 355 g/mol. The molecule has 2 fully saturated rings. The highest BCUT2D eigenvalue weighted by Crippen LogP contribution is 2.49. The van der Waals surface area contributed by atoms with Crippen LogP contribution in [0.25, 0.3) is 0 Å². The molecule has 0 spiro atoms. The Morgan fingerprint density at radius 3 is 2.52 bits per heavy atom. The Labute approximate surface area is 154 Å². The molecule has 4 atom stereocenters. The van der Waals surface area contributed by atoms with E-state index >= 15 is 0 Å². The number of anilines is 1. The summed E-state index contributed by atoms with van der Waals surface area (Å²) in [4.78, 5) is 39.8. The number of nitrogens with zero attached hydrogens (tertiary/aromatic N) is 1. The number of nitrogens with one attached hydrogen (secondary N) is 1. The van der Waals surface area contributed by atoms with Gasteiger partial charge >= 0.3 is 5.97 Å². The van der Waals surface area contributed by atoms with E-state index < -0.39 is 47.0 Å². The first-order valence-electron chi connectivity index (χ1n) is 8.41. The van der Waals surface area contributed by atoms with Crippen LogP contribution in [0.15, 0.2) is 47.1 Å². The number of furan rings is 1. The summed E-state index contributed by atoms with van der Waals surface area (Å²) in [5.41, 5.74) is -1.15. The van der Waals surface area contributed by atoms with Crippen LogP contribution in [0.1, 0.15) is 18.7 Å². The van der Waals surface area contributed by atoms with Gasteiger partial charge < -0.3 is 9.15 Å². The van der Waals surface area contributed by atoms with Crippen molar-refractivity contribution in [2.75, 3.05) is 12.0 Å². The molecule has 1 aromatic heterocycles. The van der Waals surface area contributed by atoms with E-state index in [-0.39, 0.29) is 5.69 Å². The lowest BCUT2D eigenvalue weighted by Gasteiger charge is -2.28. The third-order valence-corrected chi connectivity index (χ3v) is 5.33. The molecule has 2 aliphatic rings. The molecule has 0 bridgehead atoms. The Kier molecular flexibility index (Phi) is 3.88. The van der Waals surface area contributed by atoms with E-state index in [9.17, 15) is 18.8 Å². The zero-order valence-electron chi connectivity index (χ0n) is 14.6. The maximum Gasteiger partial charge on any atom is 0.326 e. The fourth-order valence-corrected chi connectivity index (χ4v) is 4.10. The Morgan fingerprint density at radius 1 is 1.22 bits per heavy atom. The molecule has 0 unspecified atom stereocenters. The van der Waals surface area contributed by atoms with Gasteiger partial charge in [-0.25, -0.2) is 9.29 Å². The summed E-state index contributed by atoms with van der Waals surface area (Å²) in [7, 11) is 1.23. The number of fused-ring (bicyclic) bond motifs is 1. The second kappa shape index (κ2) is 6.02. The lowest BCUT2D eigenvalue weighted by molar-refractivity contribution is -0.151. The van der Waals surface area contributed by atoms with E-state index in [2.05, 4.69) is 5.32 Å². The van der Waals surface area contributed by atoms with Gasteiger partial charge in [0.05, 0.1) is 36.9 Å². The van der Waals surface area contributed by atoms with Gasteiger partial charge in [0, 0.05) is 0 Å². The van der Waals surface area contributed by atoms with Crippen LogP contribution in [0.3, 0.4) is 0 Å². The molecule has 1 N–H and O–H groups in total. The third kappa shape index (κ3) is 2.40. The van der Waals surface area contributed by atoms with Crippen LogP contribution in [-0.4, -0.2) is 30.4 Å². The minimum Gasteiger partial charge on any atom is -0.468 e. The molecule has 3 heterocycles. The Hall–Kier alpha value is -3.00.